The van der Waals surface area contributed by atoms with Gasteiger partial charge in [0.1, 0.15) is 60.4 Å². The fraction of sp³-hybridized carbons (Fsp3) is 0.413. The van der Waals surface area contributed by atoms with Gasteiger partial charge in [-0.3, -0.25) is 52.7 Å². The zero-order chi connectivity index (χ0) is 64.0. The lowest BCUT2D eigenvalue weighted by Crippen LogP contribution is -2.60. The van der Waals surface area contributed by atoms with Gasteiger partial charge in [-0.1, -0.05) is 99.0 Å². The van der Waals surface area contributed by atoms with Crippen LogP contribution < -0.4 is 53.0 Å². The number of phenolic OH excluding ortho intramolecular Hbond substituents is 1. The van der Waals surface area contributed by atoms with Crippen LogP contribution in [-0.4, -0.2) is 179 Å². The number of aromatic nitrogens is 1. The van der Waals surface area contributed by atoms with Gasteiger partial charge in [0.15, 0.2) is 0 Å². The number of rotatable bonds is 17. The van der Waals surface area contributed by atoms with Crippen molar-refractivity contribution in [2.24, 2.45) is 5.73 Å². The summed E-state index contributed by atoms with van der Waals surface area (Å²) in [5.74, 6) is -9.55. The summed E-state index contributed by atoms with van der Waals surface area (Å²) in [6, 6.07) is 18.4. The third-order valence-corrected chi connectivity index (χ3v) is 15.4. The molecule has 10 amide bonds. The van der Waals surface area contributed by atoms with Crippen molar-refractivity contribution in [3.8, 4) is 11.5 Å². The van der Waals surface area contributed by atoms with Crippen LogP contribution in [0.4, 0.5) is 0 Å². The average Bonchev–Trinajstić information content (AvgIpc) is 2.51. The molecule has 7 atom stereocenters. The highest BCUT2D eigenvalue weighted by atomic mass is 16.5. The second-order valence-corrected chi connectivity index (χ2v) is 22.0. The highest BCUT2D eigenvalue weighted by molar-refractivity contribution is 5.99. The maximum Gasteiger partial charge on any atom is 0.305 e. The molecule has 2 aliphatic rings. The number of ether oxygens (including phenoxy) is 1. The van der Waals surface area contributed by atoms with Gasteiger partial charge in [0, 0.05) is 62.9 Å². The van der Waals surface area contributed by atoms with Crippen molar-refractivity contribution in [2.75, 3.05) is 46.4 Å². The first-order chi connectivity index (χ1) is 42.8. The van der Waals surface area contributed by atoms with E-state index in [0.29, 0.717) is 40.8 Å². The molecule has 89 heavy (non-hydrogen) atoms. The molecule has 5 aromatic rings. The van der Waals surface area contributed by atoms with Crippen LogP contribution in [0.1, 0.15) is 74.1 Å². The van der Waals surface area contributed by atoms with E-state index in [1.165, 1.54) is 31.3 Å². The van der Waals surface area contributed by atoms with Crippen molar-refractivity contribution < 1.29 is 67.7 Å². The second-order valence-electron chi connectivity index (χ2n) is 22.0. The second kappa shape index (κ2) is 32.8. The smallest absolute Gasteiger partial charge is 0.305 e. The molecule has 0 aliphatic carbocycles. The Morgan fingerprint density at radius 1 is 0.607 bits per heavy atom. The van der Waals surface area contributed by atoms with Crippen LogP contribution in [0.2, 0.25) is 0 Å². The fourth-order valence-corrected chi connectivity index (χ4v) is 10.6. The number of likely N-dealkylation sites (N-methyl/N-ethyl adjacent to an activating group) is 1. The summed E-state index contributed by atoms with van der Waals surface area (Å²) < 4.78 is 5.67. The molecule has 0 unspecified atom stereocenters. The minimum Gasteiger partial charge on any atom is -0.508 e. The number of aromatic amines is 1. The van der Waals surface area contributed by atoms with Crippen LogP contribution in [0, 0.1) is 0 Å². The molecule has 3 heterocycles. The molecule has 26 nitrogen and oxygen atoms in total. The number of nitrogens with zero attached hydrogens (tertiary/aromatic N) is 2. The van der Waals surface area contributed by atoms with Crippen molar-refractivity contribution in [1.82, 2.24) is 57.3 Å². The molecule has 0 radical (unpaired) electrons. The maximum atomic E-state index is 15.0. The zero-order valence-electron chi connectivity index (χ0n) is 49.7. The van der Waals surface area contributed by atoms with Crippen LogP contribution >= 0.6 is 0 Å². The Hall–Kier alpha value is -9.85. The Morgan fingerprint density at radius 3 is 1.88 bits per heavy atom. The van der Waals surface area contributed by atoms with Crippen LogP contribution in [0.15, 0.2) is 109 Å². The predicted octanol–water partition coefficient (Wildman–Crippen LogP) is 0.141. The van der Waals surface area contributed by atoms with Crippen LogP contribution in [0.3, 0.4) is 0 Å². The summed E-state index contributed by atoms with van der Waals surface area (Å²) in [6.45, 7) is 0.312. The fourth-order valence-electron chi connectivity index (χ4n) is 10.6. The van der Waals surface area contributed by atoms with Crippen molar-refractivity contribution in [3.63, 3.8) is 0 Å². The number of carbonyl (C=O) groups is 11. The Labute approximate surface area is 514 Å². The minimum atomic E-state index is -1.78. The Morgan fingerprint density at radius 2 is 1.19 bits per heavy atom. The highest BCUT2D eigenvalue weighted by Gasteiger charge is 2.40. The summed E-state index contributed by atoms with van der Waals surface area (Å²) in [5.41, 5.74) is 8.59. The molecule has 4 aromatic carbocycles. The molecular weight excluding hydrogens is 1150 g/mol. The molecule has 2 aliphatic heterocycles. The number of amides is 10. The molecule has 0 saturated carbocycles. The lowest BCUT2D eigenvalue weighted by molar-refractivity contribution is -0.146. The summed E-state index contributed by atoms with van der Waals surface area (Å²) in [6.07, 6.45) is 2.40. The number of nitrogens with two attached hydrogens (primary N) is 1. The van der Waals surface area contributed by atoms with Crippen molar-refractivity contribution >= 4 is 75.9 Å². The van der Waals surface area contributed by atoms with Gasteiger partial charge < -0.3 is 78.0 Å². The molecule has 474 valence electrons. The summed E-state index contributed by atoms with van der Waals surface area (Å²) in [7, 11) is 1.35. The highest BCUT2D eigenvalue weighted by Crippen LogP contribution is 2.23. The molecule has 0 bridgehead atoms. The lowest BCUT2D eigenvalue weighted by atomic mass is 10.00. The number of carboxylic acids is 1. The number of hydrogen-bond acceptors (Lipinski definition) is 14. The number of hydrogen-bond donors (Lipinski definition) is 12. The number of nitrogens with one attached hydrogen (secondary N) is 9. The third kappa shape index (κ3) is 19.6. The Kier molecular flexibility index (Phi) is 24.5. The number of para-hydroxylation sites is 1. The van der Waals surface area contributed by atoms with E-state index in [1.807, 2.05) is 25.1 Å². The van der Waals surface area contributed by atoms with E-state index in [9.17, 15) is 63.0 Å². The van der Waals surface area contributed by atoms with E-state index < -0.39 is 133 Å². The van der Waals surface area contributed by atoms with Gasteiger partial charge in [-0.2, -0.15) is 0 Å². The van der Waals surface area contributed by atoms with Gasteiger partial charge >= 0.3 is 5.97 Å². The molecule has 13 N–H and O–H groups in total. The lowest BCUT2D eigenvalue weighted by Gasteiger charge is -2.30. The number of unbranched alkanes of at least 4 members (excludes halogenated alkanes) is 2. The van der Waals surface area contributed by atoms with Gasteiger partial charge in [0.25, 0.3) is 0 Å². The topological polar surface area (TPSA) is 382 Å². The van der Waals surface area contributed by atoms with E-state index >= 15 is 0 Å². The number of aromatic hydroxyl groups is 1. The first-order valence-corrected chi connectivity index (χ1v) is 29.7. The number of benzene rings is 4. The number of phenols is 1. The third-order valence-electron chi connectivity index (χ3n) is 15.4. The van der Waals surface area contributed by atoms with E-state index in [1.54, 1.807) is 66.9 Å². The quantitative estimate of drug-likeness (QED) is 0.0551. The van der Waals surface area contributed by atoms with Gasteiger partial charge in [-0.15, -0.1) is 0 Å². The van der Waals surface area contributed by atoms with Gasteiger partial charge in [-0.25, -0.2) is 0 Å². The molecule has 0 spiro atoms. The number of fused-ring (bicyclic) bond motifs is 2. The Balaban J connectivity index is 1.25. The molecule has 7 rings (SSSR count). The largest absolute Gasteiger partial charge is 0.508 e. The summed E-state index contributed by atoms with van der Waals surface area (Å²) in [4.78, 5) is 161. The van der Waals surface area contributed by atoms with Gasteiger partial charge in [0.05, 0.1) is 26.1 Å². The van der Waals surface area contributed by atoms with E-state index in [2.05, 4.69) is 47.5 Å². The molecular formula is C63H78N12O14. The first kappa shape index (κ1) is 66.7. The van der Waals surface area contributed by atoms with E-state index in [0.717, 1.165) is 27.1 Å². The van der Waals surface area contributed by atoms with Crippen molar-refractivity contribution in [3.05, 3.63) is 132 Å². The predicted molar refractivity (Wildman–Crippen MR) is 325 cm³/mol. The summed E-state index contributed by atoms with van der Waals surface area (Å²) >= 11 is 0. The van der Waals surface area contributed by atoms with Gasteiger partial charge in [0.2, 0.25) is 59.1 Å². The van der Waals surface area contributed by atoms with Crippen LogP contribution in [0.5, 0.6) is 11.5 Å². The van der Waals surface area contributed by atoms with Crippen LogP contribution in [-0.2, 0) is 78.4 Å². The molecule has 2 saturated heterocycles. The first-order valence-electron chi connectivity index (χ1n) is 29.7. The van der Waals surface area contributed by atoms with Gasteiger partial charge in [-0.05, 0) is 71.8 Å². The minimum absolute atomic E-state index is 0.0358. The van der Waals surface area contributed by atoms with Crippen molar-refractivity contribution in [1.29, 1.82) is 0 Å². The molecule has 1 aromatic heterocycles. The standard InChI is InChI=1S/C63H78N12O14/c1-3-4-6-16-46-58(83)71-49(32-41-34-65-45-15-10-9-14-44(41)45)57(82)67-36-54(78)69-47(29-39-18-22-42(76)23-19-39)59(84)73-50(33-56(80)81)63(88)75-27-11-17-51(75)61(86)68-35-53(77)66-37-55(79)74(2)52(31-38-12-7-5-8-13-38)62(87)72-48(60(85)70-46)30-40-20-24-43(25-21-40)89-28-26-64/h5,7-10,12-15,18-25,34,46-52,65,76H,3-4,6,11,16-17,26-33,35-37,64H2,1-2H3,(H,66,77)(H,67,82)(H,68,86)(H,69,78)(H,70,85)(H,71,83)(H,72,87)(H,73,84)(H,80,81)/t46-,47-,48-,49-,50-,51+,52-/m0/s1. The van der Waals surface area contributed by atoms with Crippen LogP contribution in [0.25, 0.3) is 10.9 Å². The molecule has 2 fully saturated rings. The van der Waals surface area contributed by atoms with E-state index in [4.69, 9.17) is 10.5 Å². The summed E-state index contributed by atoms with van der Waals surface area (Å²) in [5, 5.41) is 41.7. The zero-order valence-corrected chi connectivity index (χ0v) is 49.7. The SMILES string of the molecule is CCCCC[C@@H]1NC(=O)[C@H](Cc2ccc(OCCN)cc2)NC(=O)[C@H](Cc2ccccc2)N(C)C(=O)CNC(=O)CNC(=O)[C@H]2CCCN2C(=O)[C@H](CC(=O)O)NC(=O)[C@H](Cc2ccc(O)cc2)NC(=O)CNC(=O)[C@H](Cc2c[nH]c3ccccc23)NC1=O. The molecule has 26 heteroatoms. The normalized spacial score (nSPS) is 21.9. The average molecular weight is 1230 g/mol. The number of carboxylic acid groups (broad SMARTS) is 1. The van der Waals surface area contributed by atoms with Crippen molar-refractivity contribution in [2.45, 2.75) is 120 Å². The Bertz CT molecular complexity index is 3310. The number of H-pyrrole nitrogens is 1. The number of aliphatic carboxylic acids is 1. The monoisotopic (exact) mass is 1230 g/mol. The maximum absolute atomic E-state index is 15.0. The number of carbonyl (C=O) groups excluding carboxylic acids is 10. The van der Waals surface area contributed by atoms with E-state index in [-0.39, 0.29) is 70.4 Å².